The lowest BCUT2D eigenvalue weighted by molar-refractivity contribution is 0.509. The fraction of sp³-hybridized carbons (Fsp3) is 0.286. The molecule has 0 unspecified atom stereocenters. The fourth-order valence-electron chi connectivity index (χ4n) is 3.11. The van der Waals surface area contributed by atoms with Gasteiger partial charge in [-0.05, 0) is 56.9 Å². The number of aryl methyl sites for hydroxylation is 3. The lowest BCUT2D eigenvalue weighted by Gasteiger charge is -2.13. The SMILES string of the molecule is Cc1ccc(NS(=O)(=O)c2cc(-c3cnc(C4CC4)o3)ccc2C)c(C)c1. The standard InChI is InChI=1S/C21H22N2O3S/c1-13-4-9-18(15(3)10-13)23-27(24,25)20-11-17(6-5-14(20)2)19-12-22-21(26-19)16-7-8-16/h4-6,9-12,16,23H,7-8H2,1-3H3. The van der Waals surface area contributed by atoms with E-state index in [1.807, 2.05) is 32.0 Å². The molecule has 140 valence electrons. The lowest BCUT2D eigenvalue weighted by Crippen LogP contribution is -2.15. The smallest absolute Gasteiger partial charge is 0.262 e. The van der Waals surface area contributed by atoms with E-state index in [0.29, 0.717) is 28.5 Å². The molecule has 27 heavy (non-hydrogen) atoms. The number of aromatic nitrogens is 1. The van der Waals surface area contributed by atoms with Gasteiger partial charge in [-0.2, -0.15) is 0 Å². The van der Waals surface area contributed by atoms with Gasteiger partial charge in [0, 0.05) is 11.5 Å². The van der Waals surface area contributed by atoms with Crippen LogP contribution in [0.15, 0.2) is 51.9 Å². The molecular weight excluding hydrogens is 360 g/mol. The van der Waals surface area contributed by atoms with Crippen LogP contribution in [-0.2, 0) is 10.0 Å². The molecule has 0 atom stereocenters. The van der Waals surface area contributed by atoms with Crippen molar-refractivity contribution in [3.8, 4) is 11.3 Å². The van der Waals surface area contributed by atoms with Gasteiger partial charge in [-0.3, -0.25) is 4.72 Å². The third-order valence-electron chi connectivity index (χ3n) is 4.84. The van der Waals surface area contributed by atoms with Gasteiger partial charge in [-0.15, -0.1) is 0 Å². The van der Waals surface area contributed by atoms with Crippen LogP contribution in [0.5, 0.6) is 0 Å². The molecule has 0 amide bonds. The highest BCUT2D eigenvalue weighted by molar-refractivity contribution is 7.92. The molecule has 1 N–H and O–H groups in total. The van der Waals surface area contributed by atoms with Crippen molar-refractivity contribution in [1.29, 1.82) is 0 Å². The highest BCUT2D eigenvalue weighted by Crippen LogP contribution is 2.40. The molecular formula is C21H22N2O3S. The Labute approximate surface area is 159 Å². The van der Waals surface area contributed by atoms with E-state index >= 15 is 0 Å². The molecule has 1 saturated carbocycles. The first-order valence-electron chi connectivity index (χ1n) is 9.00. The second-order valence-electron chi connectivity index (χ2n) is 7.24. The summed E-state index contributed by atoms with van der Waals surface area (Å²) in [6, 6.07) is 10.9. The summed E-state index contributed by atoms with van der Waals surface area (Å²) in [6.07, 6.45) is 3.88. The third kappa shape index (κ3) is 3.62. The molecule has 4 rings (SSSR count). The molecule has 5 nitrogen and oxygen atoms in total. The summed E-state index contributed by atoms with van der Waals surface area (Å²) in [5, 5.41) is 0. The number of nitrogens with zero attached hydrogens (tertiary/aromatic N) is 1. The minimum atomic E-state index is -3.72. The Morgan fingerprint density at radius 1 is 1.04 bits per heavy atom. The Hall–Kier alpha value is -2.60. The first-order chi connectivity index (χ1) is 12.8. The van der Waals surface area contributed by atoms with Gasteiger partial charge in [-0.1, -0.05) is 29.8 Å². The zero-order valence-electron chi connectivity index (χ0n) is 15.6. The van der Waals surface area contributed by atoms with Gasteiger partial charge < -0.3 is 4.42 Å². The summed E-state index contributed by atoms with van der Waals surface area (Å²) >= 11 is 0. The molecule has 3 aromatic rings. The van der Waals surface area contributed by atoms with Crippen LogP contribution in [0.1, 0.15) is 41.3 Å². The van der Waals surface area contributed by atoms with Crippen LogP contribution in [0.25, 0.3) is 11.3 Å². The summed E-state index contributed by atoms with van der Waals surface area (Å²) in [4.78, 5) is 4.56. The Kier molecular flexibility index (Phi) is 4.30. The van der Waals surface area contributed by atoms with Gasteiger partial charge in [0.25, 0.3) is 10.0 Å². The molecule has 2 aromatic carbocycles. The van der Waals surface area contributed by atoms with Crippen LogP contribution in [0.2, 0.25) is 0 Å². The Balaban J connectivity index is 1.68. The average molecular weight is 382 g/mol. The van der Waals surface area contributed by atoms with Crippen LogP contribution < -0.4 is 4.72 Å². The molecule has 1 aromatic heterocycles. The third-order valence-corrected chi connectivity index (χ3v) is 6.35. The van der Waals surface area contributed by atoms with Crippen molar-refractivity contribution < 1.29 is 12.8 Å². The molecule has 1 heterocycles. The Morgan fingerprint density at radius 2 is 1.81 bits per heavy atom. The number of benzene rings is 2. The molecule has 0 bridgehead atoms. The number of sulfonamides is 1. The zero-order valence-corrected chi connectivity index (χ0v) is 16.4. The van der Waals surface area contributed by atoms with E-state index in [1.165, 1.54) is 0 Å². The van der Waals surface area contributed by atoms with Crippen molar-refractivity contribution in [2.45, 2.75) is 44.4 Å². The highest BCUT2D eigenvalue weighted by Gasteiger charge is 2.29. The van der Waals surface area contributed by atoms with E-state index in [2.05, 4.69) is 9.71 Å². The van der Waals surface area contributed by atoms with E-state index in [9.17, 15) is 8.42 Å². The van der Waals surface area contributed by atoms with Crippen LogP contribution >= 0.6 is 0 Å². The Morgan fingerprint density at radius 3 is 2.52 bits per heavy atom. The van der Waals surface area contributed by atoms with Crippen LogP contribution in [0.3, 0.4) is 0 Å². The number of anilines is 1. The van der Waals surface area contributed by atoms with Crippen LogP contribution in [-0.4, -0.2) is 13.4 Å². The number of rotatable bonds is 5. The molecule has 0 radical (unpaired) electrons. The molecule has 1 fully saturated rings. The number of nitrogens with one attached hydrogen (secondary N) is 1. The predicted molar refractivity (Wildman–Crippen MR) is 105 cm³/mol. The van der Waals surface area contributed by atoms with E-state index < -0.39 is 10.0 Å². The minimum Gasteiger partial charge on any atom is -0.440 e. The molecule has 1 aliphatic rings. The lowest BCUT2D eigenvalue weighted by atomic mass is 10.1. The monoisotopic (exact) mass is 382 g/mol. The maximum absolute atomic E-state index is 13.0. The summed E-state index contributed by atoms with van der Waals surface area (Å²) in [5.74, 6) is 1.75. The molecule has 0 aliphatic heterocycles. The van der Waals surface area contributed by atoms with Gasteiger partial charge in [0.05, 0.1) is 16.8 Å². The zero-order chi connectivity index (χ0) is 19.2. The minimum absolute atomic E-state index is 0.240. The van der Waals surface area contributed by atoms with Crippen molar-refractivity contribution in [3.05, 3.63) is 65.2 Å². The van der Waals surface area contributed by atoms with Gasteiger partial charge in [0.1, 0.15) is 0 Å². The first kappa shape index (κ1) is 17.8. The quantitative estimate of drug-likeness (QED) is 0.678. The van der Waals surface area contributed by atoms with Gasteiger partial charge >= 0.3 is 0 Å². The maximum atomic E-state index is 13.0. The molecule has 6 heteroatoms. The van der Waals surface area contributed by atoms with Crippen molar-refractivity contribution in [2.75, 3.05) is 4.72 Å². The molecule has 0 spiro atoms. The van der Waals surface area contributed by atoms with Gasteiger partial charge in [0.15, 0.2) is 11.7 Å². The molecule has 0 saturated heterocycles. The van der Waals surface area contributed by atoms with Crippen LogP contribution in [0.4, 0.5) is 5.69 Å². The second-order valence-corrected chi connectivity index (χ2v) is 8.89. The summed E-state index contributed by atoms with van der Waals surface area (Å²) in [7, 11) is -3.72. The Bertz CT molecular complexity index is 1110. The highest BCUT2D eigenvalue weighted by atomic mass is 32.2. The van der Waals surface area contributed by atoms with Crippen molar-refractivity contribution in [3.63, 3.8) is 0 Å². The number of oxazole rings is 1. The van der Waals surface area contributed by atoms with Crippen molar-refractivity contribution in [2.24, 2.45) is 0 Å². The van der Waals surface area contributed by atoms with Crippen molar-refractivity contribution in [1.82, 2.24) is 4.98 Å². The van der Waals surface area contributed by atoms with E-state index in [4.69, 9.17) is 4.42 Å². The number of hydrogen-bond donors (Lipinski definition) is 1. The predicted octanol–water partition coefficient (Wildman–Crippen LogP) is 4.95. The maximum Gasteiger partial charge on any atom is 0.262 e. The number of hydrogen-bond acceptors (Lipinski definition) is 4. The van der Waals surface area contributed by atoms with E-state index in [0.717, 1.165) is 29.9 Å². The summed E-state index contributed by atoms with van der Waals surface area (Å²) < 4.78 is 34.6. The van der Waals surface area contributed by atoms with Gasteiger partial charge in [0.2, 0.25) is 0 Å². The van der Waals surface area contributed by atoms with Crippen molar-refractivity contribution >= 4 is 15.7 Å². The largest absolute Gasteiger partial charge is 0.440 e. The summed E-state index contributed by atoms with van der Waals surface area (Å²) in [5.41, 5.74) is 3.95. The molecule has 1 aliphatic carbocycles. The second kappa shape index (κ2) is 6.53. The van der Waals surface area contributed by atoms with Crippen LogP contribution in [0, 0.1) is 20.8 Å². The summed E-state index contributed by atoms with van der Waals surface area (Å²) in [6.45, 7) is 5.66. The van der Waals surface area contributed by atoms with Gasteiger partial charge in [-0.25, -0.2) is 13.4 Å². The van der Waals surface area contributed by atoms with E-state index in [-0.39, 0.29) is 4.90 Å². The van der Waals surface area contributed by atoms with E-state index in [1.54, 1.807) is 31.3 Å². The fourth-order valence-corrected chi connectivity index (χ4v) is 4.51. The topological polar surface area (TPSA) is 72.2 Å². The first-order valence-corrected chi connectivity index (χ1v) is 10.5. The normalized spacial score (nSPS) is 14.3. The average Bonchev–Trinajstić information content (AvgIpc) is 3.35.